The number of rotatable bonds is 6. The molecule has 0 aliphatic carbocycles. The molecule has 4 heteroatoms. The van der Waals surface area contributed by atoms with E-state index in [2.05, 4.69) is 12.1 Å². The molecule has 0 saturated carbocycles. The van der Waals surface area contributed by atoms with E-state index in [1.807, 2.05) is 35.0 Å². The van der Waals surface area contributed by atoms with Crippen molar-refractivity contribution in [3.8, 4) is 0 Å². The summed E-state index contributed by atoms with van der Waals surface area (Å²) in [4.78, 5) is 16.2. The minimum absolute atomic E-state index is 0.0905. The number of carbonyl (C=O) groups is 1. The van der Waals surface area contributed by atoms with Gasteiger partial charge in [-0.2, -0.15) is 0 Å². The van der Waals surface area contributed by atoms with Crippen LogP contribution in [0, 0.1) is 0 Å². The van der Waals surface area contributed by atoms with Crippen molar-refractivity contribution in [1.82, 2.24) is 9.80 Å². The van der Waals surface area contributed by atoms with Gasteiger partial charge in [0.15, 0.2) is 0 Å². The molecule has 1 aromatic carbocycles. The fourth-order valence-electron chi connectivity index (χ4n) is 2.83. The molecule has 1 atom stereocenters. The summed E-state index contributed by atoms with van der Waals surface area (Å²) in [6.07, 6.45) is 2.89. The van der Waals surface area contributed by atoms with Gasteiger partial charge in [0.25, 0.3) is 0 Å². The molecule has 1 N–H and O–H groups in total. The molecule has 0 bridgehead atoms. The number of hydrogen-bond acceptors (Lipinski definition) is 3. The number of amides is 1. The molecule has 1 aromatic rings. The summed E-state index contributed by atoms with van der Waals surface area (Å²) in [5, 5.41) is 9.27. The maximum absolute atomic E-state index is 12.2. The van der Waals surface area contributed by atoms with Crippen molar-refractivity contribution in [2.45, 2.75) is 25.3 Å². The predicted molar refractivity (Wildman–Crippen MR) is 79.3 cm³/mol. The Balaban J connectivity index is 1.99. The molecule has 0 unspecified atom stereocenters. The maximum atomic E-state index is 12.2. The van der Waals surface area contributed by atoms with E-state index in [1.54, 1.807) is 0 Å². The molecule has 1 amide bonds. The van der Waals surface area contributed by atoms with E-state index in [1.165, 1.54) is 0 Å². The van der Waals surface area contributed by atoms with Gasteiger partial charge in [0.1, 0.15) is 0 Å². The van der Waals surface area contributed by atoms with Crippen LogP contribution in [-0.4, -0.2) is 54.1 Å². The van der Waals surface area contributed by atoms with Gasteiger partial charge in [-0.1, -0.05) is 30.3 Å². The lowest BCUT2D eigenvalue weighted by Crippen LogP contribution is -2.39. The molecule has 2 rings (SSSR count). The van der Waals surface area contributed by atoms with Crippen LogP contribution in [0.3, 0.4) is 0 Å². The third-order valence-electron chi connectivity index (χ3n) is 3.96. The van der Waals surface area contributed by atoms with Crippen LogP contribution in [0.4, 0.5) is 0 Å². The Morgan fingerprint density at radius 1 is 1.30 bits per heavy atom. The standard InChI is InChI=1S/C16H24N2O2/c1-17(13-16(20)18-10-5-6-11-18)15(9-12-19)14-7-3-2-4-8-14/h2-4,7-8,15,19H,5-6,9-13H2,1H3/t15-/m1/s1. The van der Waals surface area contributed by atoms with Crippen molar-refractivity contribution >= 4 is 5.91 Å². The highest BCUT2D eigenvalue weighted by atomic mass is 16.3. The third-order valence-corrected chi connectivity index (χ3v) is 3.96. The lowest BCUT2D eigenvalue weighted by atomic mass is 10.0. The first-order valence-electron chi connectivity index (χ1n) is 7.36. The fourth-order valence-corrected chi connectivity index (χ4v) is 2.83. The van der Waals surface area contributed by atoms with Crippen LogP contribution in [0.1, 0.15) is 30.9 Å². The number of likely N-dealkylation sites (tertiary alicyclic amines) is 1. The largest absolute Gasteiger partial charge is 0.396 e. The smallest absolute Gasteiger partial charge is 0.236 e. The van der Waals surface area contributed by atoms with Crippen molar-refractivity contribution in [3.63, 3.8) is 0 Å². The first kappa shape index (κ1) is 15.0. The zero-order valence-electron chi connectivity index (χ0n) is 12.2. The monoisotopic (exact) mass is 276 g/mol. The number of hydrogen-bond donors (Lipinski definition) is 1. The highest BCUT2D eigenvalue weighted by Gasteiger charge is 2.23. The molecule has 110 valence electrons. The van der Waals surface area contributed by atoms with Gasteiger partial charge in [-0.25, -0.2) is 0 Å². The van der Waals surface area contributed by atoms with E-state index in [9.17, 15) is 9.90 Å². The van der Waals surface area contributed by atoms with Crippen LogP contribution in [0.25, 0.3) is 0 Å². The number of nitrogens with zero attached hydrogens (tertiary/aromatic N) is 2. The van der Waals surface area contributed by atoms with Gasteiger partial charge >= 0.3 is 0 Å². The van der Waals surface area contributed by atoms with Crippen LogP contribution in [-0.2, 0) is 4.79 Å². The summed E-state index contributed by atoms with van der Waals surface area (Å²) in [6.45, 7) is 2.33. The molecule has 0 aromatic heterocycles. The molecular weight excluding hydrogens is 252 g/mol. The highest BCUT2D eigenvalue weighted by Crippen LogP contribution is 2.22. The van der Waals surface area contributed by atoms with Crippen LogP contribution in [0.15, 0.2) is 30.3 Å². The fraction of sp³-hybridized carbons (Fsp3) is 0.562. The lowest BCUT2D eigenvalue weighted by molar-refractivity contribution is -0.131. The van der Waals surface area contributed by atoms with E-state index in [-0.39, 0.29) is 18.6 Å². The number of carbonyl (C=O) groups excluding carboxylic acids is 1. The topological polar surface area (TPSA) is 43.8 Å². The number of benzene rings is 1. The van der Waals surface area contributed by atoms with Gasteiger partial charge < -0.3 is 10.0 Å². The number of aliphatic hydroxyl groups excluding tert-OH is 1. The van der Waals surface area contributed by atoms with Gasteiger partial charge in [0.2, 0.25) is 5.91 Å². The average molecular weight is 276 g/mol. The van der Waals surface area contributed by atoms with Gasteiger partial charge in [-0.15, -0.1) is 0 Å². The molecular formula is C16H24N2O2. The van der Waals surface area contributed by atoms with Gasteiger partial charge in [-0.05, 0) is 31.9 Å². The summed E-state index contributed by atoms with van der Waals surface area (Å²) >= 11 is 0. The van der Waals surface area contributed by atoms with Gasteiger partial charge in [-0.3, -0.25) is 9.69 Å². The summed E-state index contributed by atoms with van der Waals surface area (Å²) in [6, 6.07) is 10.2. The number of aliphatic hydroxyl groups is 1. The first-order valence-corrected chi connectivity index (χ1v) is 7.36. The predicted octanol–water partition coefficient (Wildman–Crippen LogP) is 1.66. The lowest BCUT2D eigenvalue weighted by Gasteiger charge is -2.29. The third kappa shape index (κ3) is 3.81. The summed E-state index contributed by atoms with van der Waals surface area (Å²) in [5.74, 6) is 0.198. The van der Waals surface area contributed by atoms with Crippen LogP contribution in [0.5, 0.6) is 0 Å². The minimum atomic E-state index is 0.0905. The Morgan fingerprint density at radius 2 is 1.95 bits per heavy atom. The molecule has 20 heavy (non-hydrogen) atoms. The van der Waals surface area contributed by atoms with Gasteiger partial charge in [0.05, 0.1) is 6.54 Å². The van der Waals surface area contributed by atoms with E-state index in [4.69, 9.17) is 0 Å². The molecule has 1 heterocycles. The Hall–Kier alpha value is -1.39. The van der Waals surface area contributed by atoms with Crippen LogP contribution in [0.2, 0.25) is 0 Å². The Kier molecular flexibility index (Phi) is 5.56. The zero-order chi connectivity index (χ0) is 14.4. The summed E-state index contributed by atoms with van der Waals surface area (Å²) < 4.78 is 0. The van der Waals surface area contributed by atoms with E-state index in [0.717, 1.165) is 31.5 Å². The SMILES string of the molecule is CN(CC(=O)N1CCCC1)[C@H](CCO)c1ccccc1. The van der Waals surface area contributed by atoms with Crippen LogP contribution < -0.4 is 0 Å². The second-order valence-electron chi connectivity index (χ2n) is 5.44. The summed E-state index contributed by atoms with van der Waals surface area (Å²) in [5.41, 5.74) is 1.15. The van der Waals surface area contributed by atoms with Gasteiger partial charge in [0, 0.05) is 25.7 Å². The van der Waals surface area contributed by atoms with Crippen molar-refractivity contribution in [2.24, 2.45) is 0 Å². The van der Waals surface area contributed by atoms with Crippen LogP contribution >= 0.6 is 0 Å². The molecule has 1 fully saturated rings. The van der Waals surface area contributed by atoms with E-state index < -0.39 is 0 Å². The maximum Gasteiger partial charge on any atom is 0.236 e. The second kappa shape index (κ2) is 7.41. The Bertz CT molecular complexity index is 416. The van der Waals surface area contributed by atoms with E-state index >= 15 is 0 Å². The zero-order valence-corrected chi connectivity index (χ0v) is 12.2. The average Bonchev–Trinajstić information content (AvgIpc) is 2.99. The van der Waals surface area contributed by atoms with Crippen molar-refractivity contribution in [1.29, 1.82) is 0 Å². The molecule has 4 nitrogen and oxygen atoms in total. The molecule has 0 spiro atoms. The molecule has 1 aliphatic heterocycles. The van der Waals surface area contributed by atoms with Crippen molar-refractivity contribution in [3.05, 3.63) is 35.9 Å². The van der Waals surface area contributed by atoms with E-state index in [0.29, 0.717) is 13.0 Å². The second-order valence-corrected chi connectivity index (χ2v) is 5.44. The van der Waals surface area contributed by atoms with Crippen molar-refractivity contribution < 1.29 is 9.90 Å². The molecule has 1 saturated heterocycles. The normalized spacial score (nSPS) is 16.6. The molecule has 0 radical (unpaired) electrons. The Labute approximate surface area is 121 Å². The number of likely N-dealkylation sites (N-methyl/N-ethyl adjacent to an activating group) is 1. The molecule has 1 aliphatic rings. The minimum Gasteiger partial charge on any atom is -0.396 e. The Morgan fingerprint density at radius 3 is 2.55 bits per heavy atom. The van der Waals surface area contributed by atoms with Crippen molar-refractivity contribution in [2.75, 3.05) is 33.3 Å². The first-order chi connectivity index (χ1) is 9.72. The quantitative estimate of drug-likeness (QED) is 0.859. The highest BCUT2D eigenvalue weighted by molar-refractivity contribution is 5.78. The summed E-state index contributed by atoms with van der Waals surface area (Å²) in [7, 11) is 1.96.